The Kier molecular flexibility index (Phi) is 3.64. The summed E-state index contributed by atoms with van der Waals surface area (Å²) in [5.74, 6) is 0.825. The number of nitrogens with zero attached hydrogens (tertiary/aromatic N) is 2. The molecule has 1 N–H and O–H groups in total. The number of aromatic nitrogens is 2. The molecule has 0 aliphatic rings. The standard InChI is InChI=1S/C13H14BrN3/c1-3-7-17-8-6-15-13(17)16-12-9-11(14)5-4-10(12)2/h3-6,8-9H,1,7H2,2H3,(H,15,16). The minimum absolute atomic E-state index is 0.745. The fourth-order valence-electron chi connectivity index (χ4n) is 1.57. The van der Waals surface area contributed by atoms with Crippen LogP contribution >= 0.6 is 15.9 Å². The highest BCUT2D eigenvalue weighted by atomic mass is 79.9. The summed E-state index contributed by atoms with van der Waals surface area (Å²) < 4.78 is 3.06. The Hall–Kier alpha value is -1.55. The van der Waals surface area contributed by atoms with Crippen molar-refractivity contribution in [2.24, 2.45) is 0 Å². The van der Waals surface area contributed by atoms with Crippen molar-refractivity contribution in [3.05, 3.63) is 53.3 Å². The predicted octanol–water partition coefficient (Wildman–Crippen LogP) is 3.88. The van der Waals surface area contributed by atoms with Crippen molar-refractivity contribution in [1.29, 1.82) is 0 Å². The molecule has 0 bridgehead atoms. The molecule has 1 aromatic heterocycles. The van der Waals surface area contributed by atoms with Crippen LogP contribution in [0.25, 0.3) is 0 Å². The van der Waals surface area contributed by atoms with E-state index in [4.69, 9.17) is 0 Å². The largest absolute Gasteiger partial charge is 0.325 e. The van der Waals surface area contributed by atoms with E-state index in [-0.39, 0.29) is 0 Å². The third-order valence-corrected chi connectivity index (χ3v) is 2.98. The monoisotopic (exact) mass is 291 g/mol. The summed E-state index contributed by atoms with van der Waals surface area (Å²) in [6.07, 6.45) is 5.55. The summed E-state index contributed by atoms with van der Waals surface area (Å²) >= 11 is 3.47. The van der Waals surface area contributed by atoms with Crippen molar-refractivity contribution in [3.8, 4) is 0 Å². The molecule has 0 aliphatic heterocycles. The maximum atomic E-state index is 4.29. The normalized spacial score (nSPS) is 10.2. The van der Waals surface area contributed by atoms with E-state index in [1.54, 1.807) is 6.20 Å². The second-order valence-electron chi connectivity index (χ2n) is 3.78. The lowest BCUT2D eigenvalue weighted by Crippen LogP contribution is -2.02. The number of anilines is 2. The molecule has 1 heterocycles. The number of halogens is 1. The molecular formula is C13H14BrN3. The van der Waals surface area contributed by atoms with Gasteiger partial charge in [0, 0.05) is 29.1 Å². The van der Waals surface area contributed by atoms with Gasteiger partial charge >= 0.3 is 0 Å². The van der Waals surface area contributed by atoms with Gasteiger partial charge in [-0.3, -0.25) is 0 Å². The predicted molar refractivity (Wildman–Crippen MR) is 74.6 cm³/mol. The smallest absolute Gasteiger partial charge is 0.207 e. The molecule has 3 nitrogen and oxygen atoms in total. The van der Waals surface area contributed by atoms with Crippen molar-refractivity contribution in [3.63, 3.8) is 0 Å². The minimum Gasteiger partial charge on any atom is -0.325 e. The molecule has 0 radical (unpaired) electrons. The molecular weight excluding hydrogens is 278 g/mol. The van der Waals surface area contributed by atoms with Crippen molar-refractivity contribution in [1.82, 2.24) is 9.55 Å². The molecule has 0 saturated heterocycles. The average molecular weight is 292 g/mol. The lowest BCUT2D eigenvalue weighted by Gasteiger charge is -2.10. The van der Waals surface area contributed by atoms with E-state index >= 15 is 0 Å². The van der Waals surface area contributed by atoms with Gasteiger partial charge in [0.05, 0.1) is 0 Å². The molecule has 2 rings (SSSR count). The molecule has 4 heteroatoms. The molecule has 88 valence electrons. The van der Waals surface area contributed by atoms with Crippen molar-refractivity contribution in [2.75, 3.05) is 5.32 Å². The van der Waals surface area contributed by atoms with Crippen LogP contribution in [0.15, 0.2) is 47.7 Å². The van der Waals surface area contributed by atoms with Gasteiger partial charge in [0.2, 0.25) is 5.95 Å². The minimum atomic E-state index is 0.745. The number of hydrogen-bond acceptors (Lipinski definition) is 2. The molecule has 0 atom stereocenters. The SMILES string of the molecule is C=CCn1ccnc1Nc1cc(Br)ccc1C. The van der Waals surface area contributed by atoms with E-state index in [1.807, 2.05) is 29.0 Å². The van der Waals surface area contributed by atoms with E-state index in [0.29, 0.717) is 0 Å². The van der Waals surface area contributed by atoms with Gasteiger partial charge in [-0.05, 0) is 24.6 Å². The fraction of sp³-hybridized carbons (Fsp3) is 0.154. The zero-order chi connectivity index (χ0) is 12.3. The van der Waals surface area contributed by atoms with Gasteiger partial charge in [0.1, 0.15) is 0 Å². The van der Waals surface area contributed by atoms with Crippen LogP contribution in [0.2, 0.25) is 0 Å². The number of benzene rings is 1. The summed E-state index contributed by atoms with van der Waals surface area (Å²) in [5.41, 5.74) is 2.23. The first kappa shape index (κ1) is 11.9. The highest BCUT2D eigenvalue weighted by Crippen LogP contribution is 2.23. The summed E-state index contributed by atoms with van der Waals surface area (Å²) in [5, 5.41) is 3.32. The molecule has 0 aliphatic carbocycles. The van der Waals surface area contributed by atoms with Crippen LogP contribution in [0.1, 0.15) is 5.56 Å². The Morgan fingerprint density at radius 2 is 2.35 bits per heavy atom. The van der Waals surface area contributed by atoms with Crippen molar-refractivity contribution in [2.45, 2.75) is 13.5 Å². The van der Waals surface area contributed by atoms with Gasteiger partial charge in [-0.2, -0.15) is 0 Å². The Morgan fingerprint density at radius 1 is 1.53 bits per heavy atom. The van der Waals surface area contributed by atoms with Crippen LogP contribution in [-0.2, 0) is 6.54 Å². The van der Waals surface area contributed by atoms with Crippen LogP contribution in [0, 0.1) is 6.92 Å². The van der Waals surface area contributed by atoms with Gasteiger partial charge in [0.25, 0.3) is 0 Å². The Morgan fingerprint density at radius 3 is 3.12 bits per heavy atom. The van der Waals surface area contributed by atoms with Crippen LogP contribution < -0.4 is 5.32 Å². The maximum absolute atomic E-state index is 4.29. The summed E-state index contributed by atoms with van der Waals surface area (Å²) in [7, 11) is 0. The first-order valence-electron chi connectivity index (χ1n) is 5.36. The molecule has 2 aromatic rings. The second-order valence-corrected chi connectivity index (χ2v) is 4.69. The molecule has 0 spiro atoms. The quantitative estimate of drug-likeness (QED) is 0.867. The Labute approximate surface area is 109 Å². The molecule has 0 amide bonds. The first-order chi connectivity index (χ1) is 8.20. The van der Waals surface area contributed by atoms with E-state index in [9.17, 15) is 0 Å². The third kappa shape index (κ3) is 2.77. The molecule has 0 saturated carbocycles. The summed E-state index contributed by atoms with van der Waals surface area (Å²) in [6, 6.07) is 6.13. The van der Waals surface area contributed by atoms with E-state index in [1.165, 1.54) is 5.56 Å². The van der Waals surface area contributed by atoms with Crippen LogP contribution in [0.3, 0.4) is 0 Å². The zero-order valence-electron chi connectivity index (χ0n) is 9.65. The topological polar surface area (TPSA) is 29.9 Å². The Bertz CT molecular complexity index is 531. The lowest BCUT2D eigenvalue weighted by atomic mass is 10.2. The van der Waals surface area contributed by atoms with E-state index in [2.05, 4.69) is 45.8 Å². The van der Waals surface area contributed by atoms with Gasteiger partial charge in [-0.1, -0.05) is 28.1 Å². The summed E-state index contributed by atoms with van der Waals surface area (Å²) in [6.45, 7) is 6.54. The number of rotatable bonds is 4. The van der Waals surface area contributed by atoms with E-state index in [0.717, 1.165) is 22.7 Å². The molecule has 17 heavy (non-hydrogen) atoms. The van der Waals surface area contributed by atoms with Crippen molar-refractivity contribution < 1.29 is 0 Å². The summed E-state index contributed by atoms with van der Waals surface area (Å²) in [4.78, 5) is 4.29. The number of allylic oxidation sites excluding steroid dienone is 1. The maximum Gasteiger partial charge on any atom is 0.207 e. The number of aryl methyl sites for hydroxylation is 1. The van der Waals surface area contributed by atoms with Gasteiger partial charge in [-0.15, -0.1) is 6.58 Å². The van der Waals surface area contributed by atoms with Gasteiger partial charge in [0.15, 0.2) is 0 Å². The van der Waals surface area contributed by atoms with Crippen molar-refractivity contribution >= 4 is 27.6 Å². The van der Waals surface area contributed by atoms with Crippen LogP contribution in [-0.4, -0.2) is 9.55 Å². The van der Waals surface area contributed by atoms with E-state index < -0.39 is 0 Å². The highest BCUT2D eigenvalue weighted by Gasteiger charge is 2.04. The van der Waals surface area contributed by atoms with Crippen LogP contribution in [0.5, 0.6) is 0 Å². The zero-order valence-corrected chi connectivity index (χ0v) is 11.2. The van der Waals surface area contributed by atoms with Gasteiger partial charge < -0.3 is 9.88 Å². The average Bonchev–Trinajstić information content (AvgIpc) is 2.72. The number of imidazole rings is 1. The second kappa shape index (κ2) is 5.19. The number of hydrogen-bond donors (Lipinski definition) is 1. The fourth-order valence-corrected chi connectivity index (χ4v) is 1.93. The van der Waals surface area contributed by atoms with Crippen LogP contribution in [0.4, 0.5) is 11.6 Å². The Balaban J connectivity index is 2.27. The molecule has 1 aromatic carbocycles. The highest BCUT2D eigenvalue weighted by molar-refractivity contribution is 9.10. The first-order valence-corrected chi connectivity index (χ1v) is 6.15. The molecule has 0 fully saturated rings. The number of nitrogens with one attached hydrogen (secondary N) is 1. The lowest BCUT2D eigenvalue weighted by molar-refractivity contribution is 0.832. The van der Waals surface area contributed by atoms with Gasteiger partial charge in [-0.25, -0.2) is 4.98 Å². The molecule has 0 unspecified atom stereocenters. The third-order valence-electron chi connectivity index (χ3n) is 2.49.